The third-order valence-corrected chi connectivity index (χ3v) is 5.98. The molecule has 0 aliphatic rings. The van der Waals surface area contributed by atoms with Crippen LogP contribution >= 0.6 is 11.6 Å². The molecule has 0 fully saturated rings. The van der Waals surface area contributed by atoms with Gasteiger partial charge in [-0.2, -0.15) is 0 Å². The van der Waals surface area contributed by atoms with Crippen molar-refractivity contribution in [2.75, 3.05) is 6.26 Å². The summed E-state index contributed by atoms with van der Waals surface area (Å²) >= 11 is 5.92. The number of nitrogens with zero attached hydrogens (tertiary/aromatic N) is 1. The molecule has 1 amide bonds. The van der Waals surface area contributed by atoms with E-state index in [1.165, 1.54) is 18.2 Å². The molecular weight excluding hydrogens is 424 g/mol. The molecule has 0 saturated heterocycles. The number of carbonyl (C=O) groups excluding carboxylic acids is 1. The van der Waals surface area contributed by atoms with Crippen molar-refractivity contribution in [1.29, 1.82) is 0 Å². The first-order valence-corrected chi connectivity index (χ1v) is 11.4. The zero-order valence-electron chi connectivity index (χ0n) is 16.8. The summed E-state index contributed by atoms with van der Waals surface area (Å²) in [6.07, 6.45) is 2.66. The van der Waals surface area contributed by atoms with Crippen molar-refractivity contribution in [2.45, 2.75) is 25.3 Å². The van der Waals surface area contributed by atoms with Gasteiger partial charge in [-0.1, -0.05) is 29.8 Å². The predicted octanol–water partition coefficient (Wildman–Crippen LogP) is 4.48. The van der Waals surface area contributed by atoms with Gasteiger partial charge < -0.3 is 10.1 Å². The normalized spacial score (nSPS) is 11.2. The van der Waals surface area contributed by atoms with Gasteiger partial charge in [0.05, 0.1) is 9.92 Å². The van der Waals surface area contributed by atoms with Gasteiger partial charge >= 0.3 is 0 Å². The summed E-state index contributed by atoms with van der Waals surface area (Å²) in [5.74, 6) is 0.787. The van der Waals surface area contributed by atoms with Gasteiger partial charge in [-0.25, -0.2) is 13.4 Å². The maximum atomic E-state index is 12.4. The van der Waals surface area contributed by atoms with E-state index >= 15 is 0 Å². The average molecular weight is 445 g/mol. The van der Waals surface area contributed by atoms with Crippen molar-refractivity contribution in [1.82, 2.24) is 10.3 Å². The van der Waals surface area contributed by atoms with Crippen molar-refractivity contribution in [3.63, 3.8) is 0 Å². The number of hydrogen-bond donors (Lipinski definition) is 1. The SMILES string of the molecule is Cc1ccc(C)c(Oc2ccc(CNC(=O)c3ccc(Cl)c(S(C)(=O)=O)c3)cn2)c1. The fourth-order valence-electron chi connectivity index (χ4n) is 2.72. The second kappa shape index (κ2) is 8.85. The summed E-state index contributed by atoms with van der Waals surface area (Å²) in [4.78, 5) is 16.6. The highest BCUT2D eigenvalue weighted by atomic mass is 35.5. The van der Waals surface area contributed by atoms with Gasteiger partial charge in [0.2, 0.25) is 5.88 Å². The fourth-order valence-corrected chi connectivity index (χ4v) is 4.02. The molecule has 0 spiro atoms. The fraction of sp³-hybridized carbons (Fsp3) is 0.182. The van der Waals surface area contributed by atoms with Gasteiger partial charge in [0.25, 0.3) is 5.91 Å². The van der Waals surface area contributed by atoms with E-state index < -0.39 is 15.7 Å². The lowest BCUT2D eigenvalue weighted by atomic mass is 10.1. The van der Waals surface area contributed by atoms with Crippen LogP contribution in [0, 0.1) is 13.8 Å². The van der Waals surface area contributed by atoms with E-state index in [9.17, 15) is 13.2 Å². The highest BCUT2D eigenvalue weighted by Crippen LogP contribution is 2.25. The number of ether oxygens (including phenoxy) is 1. The summed E-state index contributed by atoms with van der Waals surface area (Å²) < 4.78 is 29.4. The number of rotatable bonds is 6. The molecule has 3 aromatic rings. The van der Waals surface area contributed by atoms with Crippen molar-refractivity contribution >= 4 is 27.3 Å². The summed E-state index contributed by atoms with van der Waals surface area (Å²) in [5.41, 5.74) is 3.09. The van der Waals surface area contributed by atoms with Gasteiger partial charge in [-0.3, -0.25) is 4.79 Å². The quantitative estimate of drug-likeness (QED) is 0.606. The monoisotopic (exact) mass is 444 g/mol. The van der Waals surface area contributed by atoms with Crippen LogP contribution in [-0.4, -0.2) is 25.6 Å². The summed E-state index contributed by atoms with van der Waals surface area (Å²) in [6, 6.07) is 13.6. The first-order chi connectivity index (χ1) is 14.1. The van der Waals surface area contributed by atoms with Crippen LogP contribution < -0.4 is 10.1 Å². The Kier molecular flexibility index (Phi) is 6.43. The molecule has 0 radical (unpaired) electrons. The van der Waals surface area contributed by atoms with Crippen LogP contribution in [0.15, 0.2) is 59.6 Å². The van der Waals surface area contributed by atoms with Crippen molar-refractivity contribution in [3.05, 3.63) is 82.0 Å². The second-order valence-electron chi connectivity index (χ2n) is 6.98. The van der Waals surface area contributed by atoms with Gasteiger partial charge in [-0.15, -0.1) is 0 Å². The lowest BCUT2D eigenvalue weighted by Gasteiger charge is -2.10. The largest absolute Gasteiger partial charge is 0.439 e. The topological polar surface area (TPSA) is 85.4 Å². The number of nitrogens with one attached hydrogen (secondary N) is 1. The van der Waals surface area contributed by atoms with E-state index in [1.807, 2.05) is 32.0 Å². The lowest BCUT2D eigenvalue weighted by molar-refractivity contribution is 0.0950. The molecule has 6 nitrogen and oxygen atoms in total. The molecule has 156 valence electrons. The Hall–Kier alpha value is -2.90. The molecule has 0 aliphatic carbocycles. The number of aryl methyl sites for hydroxylation is 2. The summed E-state index contributed by atoms with van der Waals surface area (Å²) in [6.45, 7) is 4.18. The molecule has 1 N–H and O–H groups in total. The van der Waals surface area contributed by atoms with E-state index in [0.29, 0.717) is 5.88 Å². The Balaban J connectivity index is 1.65. The molecular formula is C22H21ClN2O4S. The number of carbonyl (C=O) groups is 1. The lowest BCUT2D eigenvalue weighted by Crippen LogP contribution is -2.23. The van der Waals surface area contributed by atoms with Crippen LogP contribution in [0.4, 0.5) is 0 Å². The van der Waals surface area contributed by atoms with Crippen molar-refractivity contribution in [3.8, 4) is 11.6 Å². The van der Waals surface area contributed by atoms with Crippen LogP contribution in [0.1, 0.15) is 27.0 Å². The van der Waals surface area contributed by atoms with Gasteiger partial charge in [-0.05, 0) is 54.8 Å². The minimum atomic E-state index is -3.53. The van der Waals surface area contributed by atoms with E-state index in [1.54, 1.807) is 18.3 Å². The van der Waals surface area contributed by atoms with Crippen LogP contribution in [0.25, 0.3) is 0 Å². The molecule has 0 atom stereocenters. The van der Waals surface area contributed by atoms with E-state index in [2.05, 4.69) is 10.3 Å². The Morgan fingerprint density at radius 2 is 1.87 bits per heavy atom. The first-order valence-electron chi connectivity index (χ1n) is 9.11. The van der Waals surface area contributed by atoms with Crippen molar-refractivity contribution in [2.24, 2.45) is 0 Å². The Labute approximate surface area is 180 Å². The number of benzene rings is 2. The minimum absolute atomic E-state index is 0.0774. The standard InChI is InChI=1S/C22H21ClN2O4S/c1-14-4-5-15(2)19(10-14)29-21-9-6-16(12-24-21)13-25-22(26)17-7-8-18(23)20(11-17)30(3,27)28/h4-12H,13H2,1-3H3,(H,25,26). The van der Waals surface area contributed by atoms with Crippen LogP contribution in [-0.2, 0) is 16.4 Å². The summed E-state index contributed by atoms with van der Waals surface area (Å²) in [7, 11) is -3.53. The molecule has 8 heteroatoms. The molecule has 1 heterocycles. The van der Waals surface area contributed by atoms with Gasteiger partial charge in [0.1, 0.15) is 5.75 Å². The smallest absolute Gasteiger partial charge is 0.251 e. The summed E-state index contributed by atoms with van der Waals surface area (Å²) in [5, 5.41) is 2.82. The average Bonchev–Trinajstić information content (AvgIpc) is 2.69. The van der Waals surface area contributed by atoms with Gasteiger partial charge in [0, 0.05) is 30.6 Å². The maximum Gasteiger partial charge on any atom is 0.251 e. The van der Waals surface area contributed by atoms with E-state index in [0.717, 1.165) is 28.7 Å². The highest BCUT2D eigenvalue weighted by Gasteiger charge is 2.16. The molecule has 0 saturated carbocycles. The third kappa shape index (κ3) is 5.37. The molecule has 0 unspecified atom stereocenters. The zero-order valence-corrected chi connectivity index (χ0v) is 18.3. The van der Waals surface area contributed by atoms with Crippen molar-refractivity contribution < 1.29 is 17.9 Å². The Morgan fingerprint density at radius 1 is 1.10 bits per heavy atom. The molecule has 30 heavy (non-hydrogen) atoms. The van der Waals surface area contributed by atoms with Gasteiger partial charge in [0.15, 0.2) is 9.84 Å². The van der Waals surface area contributed by atoms with Crippen LogP contribution in [0.3, 0.4) is 0 Å². The highest BCUT2D eigenvalue weighted by molar-refractivity contribution is 7.90. The minimum Gasteiger partial charge on any atom is -0.439 e. The molecule has 1 aromatic heterocycles. The number of amides is 1. The first kappa shape index (κ1) is 21.8. The van der Waals surface area contributed by atoms with E-state index in [-0.39, 0.29) is 22.0 Å². The maximum absolute atomic E-state index is 12.4. The number of pyridine rings is 1. The number of halogens is 1. The second-order valence-corrected chi connectivity index (χ2v) is 9.37. The number of hydrogen-bond acceptors (Lipinski definition) is 5. The third-order valence-electron chi connectivity index (χ3n) is 4.40. The molecule has 2 aromatic carbocycles. The zero-order chi connectivity index (χ0) is 21.9. The van der Waals surface area contributed by atoms with Crippen LogP contribution in [0.2, 0.25) is 5.02 Å². The number of aromatic nitrogens is 1. The molecule has 0 bridgehead atoms. The van der Waals surface area contributed by atoms with E-state index in [4.69, 9.17) is 16.3 Å². The van der Waals surface area contributed by atoms with Crippen LogP contribution in [0.5, 0.6) is 11.6 Å². The predicted molar refractivity (Wildman–Crippen MR) is 116 cm³/mol. The molecule has 0 aliphatic heterocycles. The Morgan fingerprint density at radius 3 is 2.53 bits per heavy atom. The number of sulfone groups is 1. The Bertz CT molecular complexity index is 1190. The molecule has 3 rings (SSSR count).